The zero-order valence-corrected chi connectivity index (χ0v) is 18.0. The number of nitrogens with zero attached hydrogens (tertiary/aromatic N) is 1. The van der Waals surface area contributed by atoms with Gasteiger partial charge in [-0.05, 0) is 43.0 Å². The quantitative estimate of drug-likeness (QED) is 0.667. The predicted molar refractivity (Wildman–Crippen MR) is 121 cm³/mol. The van der Waals surface area contributed by atoms with Gasteiger partial charge in [0.1, 0.15) is 6.04 Å². The molecule has 0 bridgehead atoms. The van der Waals surface area contributed by atoms with Crippen LogP contribution in [0.15, 0.2) is 60.7 Å². The van der Waals surface area contributed by atoms with Crippen LogP contribution in [-0.2, 0) is 4.79 Å². The van der Waals surface area contributed by atoms with Gasteiger partial charge in [-0.2, -0.15) is 0 Å². The molecule has 0 spiro atoms. The van der Waals surface area contributed by atoms with Crippen LogP contribution in [0, 0.1) is 5.92 Å². The third kappa shape index (κ3) is 6.31. The summed E-state index contributed by atoms with van der Waals surface area (Å²) in [6.07, 6.45) is 1.34. The number of carbonyl (C=O) groups is 3. The molecule has 164 valence electrons. The maximum Gasteiger partial charge on any atom is 0.321 e. The van der Waals surface area contributed by atoms with Crippen LogP contribution in [-0.4, -0.2) is 47.9 Å². The summed E-state index contributed by atoms with van der Waals surface area (Å²) in [5.74, 6) is -0.502. The molecule has 7 heteroatoms. The van der Waals surface area contributed by atoms with Gasteiger partial charge in [0.15, 0.2) is 0 Å². The van der Waals surface area contributed by atoms with Crippen molar-refractivity contribution in [3.63, 3.8) is 0 Å². The van der Waals surface area contributed by atoms with Gasteiger partial charge in [-0.3, -0.25) is 9.59 Å². The lowest BCUT2D eigenvalue weighted by molar-refractivity contribution is -0.124. The van der Waals surface area contributed by atoms with Crippen LogP contribution in [0.3, 0.4) is 0 Å². The molecule has 1 unspecified atom stereocenters. The second-order valence-electron chi connectivity index (χ2n) is 8.13. The molecular weight excluding hydrogens is 392 g/mol. The molecule has 2 aromatic carbocycles. The fourth-order valence-electron chi connectivity index (χ4n) is 3.59. The Morgan fingerprint density at radius 1 is 0.903 bits per heavy atom. The Hall–Kier alpha value is -3.35. The Kier molecular flexibility index (Phi) is 7.65. The van der Waals surface area contributed by atoms with Crippen LogP contribution < -0.4 is 16.0 Å². The average Bonchev–Trinajstić information content (AvgIpc) is 2.78. The minimum Gasteiger partial charge on any atom is -0.351 e. The molecule has 1 heterocycles. The van der Waals surface area contributed by atoms with Crippen LogP contribution in [0.2, 0.25) is 0 Å². The largest absolute Gasteiger partial charge is 0.351 e. The van der Waals surface area contributed by atoms with Gasteiger partial charge in [0.25, 0.3) is 5.91 Å². The molecule has 1 saturated heterocycles. The Balaban J connectivity index is 1.49. The number of para-hydroxylation sites is 1. The van der Waals surface area contributed by atoms with E-state index in [0.29, 0.717) is 31.5 Å². The second-order valence-corrected chi connectivity index (χ2v) is 8.13. The molecule has 7 nitrogen and oxygen atoms in total. The first kappa shape index (κ1) is 22.3. The van der Waals surface area contributed by atoms with E-state index in [-0.39, 0.29) is 29.8 Å². The second kappa shape index (κ2) is 10.6. The van der Waals surface area contributed by atoms with Gasteiger partial charge in [0.05, 0.1) is 0 Å². The summed E-state index contributed by atoms with van der Waals surface area (Å²) in [6.45, 7) is 4.94. The Bertz CT molecular complexity index is 878. The number of anilines is 1. The van der Waals surface area contributed by atoms with E-state index in [1.165, 1.54) is 0 Å². The molecule has 4 amide bonds. The van der Waals surface area contributed by atoms with Gasteiger partial charge >= 0.3 is 6.03 Å². The van der Waals surface area contributed by atoms with Gasteiger partial charge < -0.3 is 20.9 Å². The van der Waals surface area contributed by atoms with Gasteiger partial charge in [-0.25, -0.2) is 4.79 Å². The predicted octanol–water partition coefficient (Wildman–Crippen LogP) is 3.25. The first-order valence-corrected chi connectivity index (χ1v) is 10.7. The summed E-state index contributed by atoms with van der Waals surface area (Å²) in [4.78, 5) is 39.5. The molecule has 3 N–H and O–H groups in total. The fourth-order valence-corrected chi connectivity index (χ4v) is 3.59. The lowest BCUT2D eigenvalue weighted by atomic mass is 10.00. The highest BCUT2D eigenvalue weighted by atomic mass is 16.2. The van der Waals surface area contributed by atoms with Crippen molar-refractivity contribution in [2.45, 2.75) is 38.8 Å². The smallest absolute Gasteiger partial charge is 0.321 e. The molecule has 1 fully saturated rings. The van der Waals surface area contributed by atoms with E-state index < -0.39 is 6.04 Å². The third-order valence-corrected chi connectivity index (χ3v) is 5.43. The molecule has 2 aromatic rings. The van der Waals surface area contributed by atoms with Crippen molar-refractivity contribution in [3.05, 3.63) is 66.2 Å². The van der Waals surface area contributed by atoms with Crippen molar-refractivity contribution in [2.75, 3.05) is 18.4 Å². The number of carbonyl (C=O) groups excluding carboxylic acids is 3. The minimum absolute atomic E-state index is 0.0249. The number of nitrogens with one attached hydrogen (secondary N) is 3. The number of rotatable bonds is 6. The van der Waals surface area contributed by atoms with Crippen molar-refractivity contribution in [1.29, 1.82) is 0 Å². The molecule has 31 heavy (non-hydrogen) atoms. The van der Waals surface area contributed by atoms with Gasteiger partial charge in [0.2, 0.25) is 5.91 Å². The van der Waals surface area contributed by atoms with Crippen molar-refractivity contribution in [3.8, 4) is 0 Å². The number of amides is 4. The molecule has 1 aliphatic heterocycles. The van der Waals surface area contributed by atoms with Crippen molar-refractivity contribution >= 4 is 23.5 Å². The van der Waals surface area contributed by atoms with E-state index in [1.807, 2.05) is 50.2 Å². The number of benzene rings is 2. The van der Waals surface area contributed by atoms with E-state index in [2.05, 4.69) is 16.0 Å². The molecule has 0 aromatic heterocycles. The zero-order chi connectivity index (χ0) is 22.2. The highest BCUT2D eigenvalue weighted by molar-refractivity contribution is 5.97. The monoisotopic (exact) mass is 422 g/mol. The van der Waals surface area contributed by atoms with Crippen LogP contribution in [0.25, 0.3) is 0 Å². The molecule has 3 rings (SSSR count). The first-order chi connectivity index (χ1) is 14.9. The minimum atomic E-state index is -0.618. The van der Waals surface area contributed by atoms with E-state index in [4.69, 9.17) is 0 Å². The van der Waals surface area contributed by atoms with Crippen LogP contribution >= 0.6 is 0 Å². The van der Waals surface area contributed by atoms with Crippen molar-refractivity contribution in [1.82, 2.24) is 15.5 Å². The topological polar surface area (TPSA) is 90.5 Å². The normalized spacial score (nSPS) is 15.3. The summed E-state index contributed by atoms with van der Waals surface area (Å²) in [7, 11) is 0. The molecule has 1 aliphatic rings. The maximum atomic E-state index is 12.9. The van der Waals surface area contributed by atoms with Crippen LogP contribution in [0.4, 0.5) is 10.5 Å². The fraction of sp³-hybridized carbons (Fsp3) is 0.375. The highest BCUT2D eigenvalue weighted by Crippen LogP contribution is 2.14. The van der Waals surface area contributed by atoms with E-state index >= 15 is 0 Å². The van der Waals surface area contributed by atoms with Crippen LogP contribution in [0.5, 0.6) is 0 Å². The maximum absolute atomic E-state index is 12.9. The lowest BCUT2D eigenvalue weighted by Gasteiger charge is -2.33. The highest BCUT2D eigenvalue weighted by Gasteiger charge is 2.29. The average molecular weight is 423 g/mol. The van der Waals surface area contributed by atoms with Gasteiger partial charge in [-0.1, -0.05) is 50.2 Å². The summed E-state index contributed by atoms with van der Waals surface area (Å²) in [5, 5.41) is 8.79. The van der Waals surface area contributed by atoms with Crippen LogP contribution in [0.1, 0.15) is 37.0 Å². The van der Waals surface area contributed by atoms with E-state index in [9.17, 15) is 14.4 Å². The Morgan fingerprint density at radius 2 is 1.48 bits per heavy atom. The molecule has 0 aliphatic carbocycles. The molecular formula is C24H30N4O3. The first-order valence-electron chi connectivity index (χ1n) is 10.7. The summed E-state index contributed by atoms with van der Waals surface area (Å²) in [5.41, 5.74) is 1.29. The molecule has 0 radical (unpaired) electrons. The standard InChI is InChI=1S/C24H30N4O3/c1-17(2)21(27-22(29)18-9-5-3-6-10-18)23(30)25-20-13-15-28(16-14-20)24(31)26-19-11-7-4-8-12-19/h3-12,17,20-21H,13-16H2,1-2H3,(H,25,30)(H,26,31)(H,27,29). The number of urea groups is 1. The Morgan fingerprint density at radius 3 is 2.06 bits per heavy atom. The van der Waals surface area contributed by atoms with Crippen molar-refractivity contribution in [2.24, 2.45) is 5.92 Å². The number of hydrogen-bond acceptors (Lipinski definition) is 3. The van der Waals surface area contributed by atoms with Crippen molar-refractivity contribution < 1.29 is 14.4 Å². The van der Waals surface area contributed by atoms with E-state index in [0.717, 1.165) is 5.69 Å². The number of hydrogen-bond donors (Lipinski definition) is 3. The SMILES string of the molecule is CC(C)C(NC(=O)c1ccccc1)C(=O)NC1CCN(C(=O)Nc2ccccc2)CC1. The molecule has 1 atom stereocenters. The molecule has 0 saturated carbocycles. The zero-order valence-electron chi connectivity index (χ0n) is 18.0. The lowest BCUT2D eigenvalue weighted by Crippen LogP contribution is -2.54. The number of likely N-dealkylation sites (tertiary alicyclic amines) is 1. The van der Waals surface area contributed by atoms with Gasteiger partial charge in [0, 0.05) is 30.4 Å². The third-order valence-electron chi connectivity index (χ3n) is 5.43. The summed E-state index contributed by atoms with van der Waals surface area (Å²) in [6, 6.07) is 17.4. The summed E-state index contributed by atoms with van der Waals surface area (Å²) < 4.78 is 0. The number of piperidine rings is 1. The Labute approximate surface area is 183 Å². The van der Waals surface area contributed by atoms with E-state index in [1.54, 1.807) is 29.2 Å². The summed E-state index contributed by atoms with van der Waals surface area (Å²) >= 11 is 0. The van der Waals surface area contributed by atoms with Gasteiger partial charge in [-0.15, -0.1) is 0 Å².